The van der Waals surface area contributed by atoms with E-state index in [0.717, 1.165) is 42.9 Å². The van der Waals surface area contributed by atoms with Crippen LogP contribution < -0.4 is 5.32 Å². The van der Waals surface area contributed by atoms with Gasteiger partial charge >= 0.3 is 5.97 Å². The lowest BCUT2D eigenvalue weighted by atomic mass is 9.60. The molecule has 2 bridgehead atoms. The summed E-state index contributed by atoms with van der Waals surface area (Å²) < 4.78 is 11.4. The molecule has 0 saturated carbocycles. The van der Waals surface area contributed by atoms with Crippen LogP contribution in [0.2, 0.25) is 0 Å². The number of piperidine rings is 1. The van der Waals surface area contributed by atoms with Gasteiger partial charge in [0.2, 0.25) is 0 Å². The molecule has 0 amide bonds. The van der Waals surface area contributed by atoms with Gasteiger partial charge in [-0.3, -0.25) is 4.90 Å². The summed E-state index contributed by atoms with van der Waals surface area (Å²) in [6, 6.07) is 8.97. The van der Waals surface area contributed by atoms with Crippen molar-refractivity contribution in [3.8, 4) is 0 Å². The first-order valence-corrected chi connectivity index (χ1v) is 9.23. The van der Waals surface area contributed by atoms with E-state index in [4.69, 9.17) is 9.47 Å². The molecule has 3 fully saturated rings. The summed E-state index contributed by atoms with van der Waals surface area (Å²) in [6.45, 7) is 4.12. The average Bonchev–Trinajstić information content (AvgIpc) is 2.98. The molecular formula is C20H22N2O3. The highest BCUT2D eigenvalue weighted by atomic mass is 16.6. The minimum Gasteiger partial charge on any atom is -0.466 e. The fraction of sp³-hybridized carbons (Fsp3) is 0.550. The van der Waals surface area contributed by atoms with Crippen LogP contribution in [-0.2, 0) is 19.7 Å². The minimum atomic E-state index is -0.208. The van der Waals surface area contributed by atoms with Gasteiger partial charge in [-0.25, -0.2) is 4.79 Å². The summed E-state index contributed by atoms with van der Waals surface area (Å²) >= 11 is 0. The number of nitrogens with zero attached hydrogens (tertiary/aromatic N) is 1. The Morgan fingerprint density at radius 1 is 1.40 bits per heavy atom. The Bertz CT molecular complexity index is 849. The van der Waals surface area contributed by atoms with Crippen molar-refractivity contribution in [3.63, 3.8) is 0 Å². The molecule has 0 aromatic heterocycles. The standard InChI is InChI=1S/C20H22N2O3/c1-11-20(25-11)10-22-8-7-19-12-5-3-4-6-14(12)21-17(19)16(18(23)24-2)13(20)9-15(19)22/h3-6,11,13,15,21H,7-10H2,1-2H3. The SMILES string of the molecule is COC(=O)C1=C2Nc3ccccc3C23CCN2CC4(OC4C)C1CC23. The number of benzene rings is 1. The van der Waals surface area contributed by atoms with E-state index in [9.17, 15) is 4.79 Å². The number of methoxy groups -OCH3 is 1. The number of esters is 1. The third-order valence-electron chi connectivity index (χ3n) is 7.47. The topological polar surface area (TPSA) is 54.1 Å². The van der Waals surface area contributed by atoms with Crippen LogP contribution >= 0.6 is 0 Å². The second-order valence-electron chi connectivity index (χ2n) is 8.16. The minimum absolute atomic E-state index is 0.0869. The van der Waals surface area contributed by atoms with Crippen LogP contribution in [0.15, 0.2) is 35.5 Å². The molecule has 130 valence electrons. The third-order valence-corrected chi connectivity index (χ3v) is 7.47. The predicted molar refractivity (Wildman–Crippen MR) is 92.1 cm³/mol. The number of carbonyl (C=O) groups is 1. The lowest BCUT2D eigenvalue weighted by Crippen LogP contribution is -2.59. The van der Waals surface area contributed by atoms with Crippen molar-refractivity contribution >= 4 is 11.7 Å². The van der Waals surface area contributed by atoms with Gasteiger partial charge in [0, 0.05) is 29.9 Å². The summed E-state index contributed by atoms with van der Waals surface area (Å²) in [5.41, 5.74) is 4.12. The average molecular weight is 338 g/mol. The van der Waals surface area contributed by atoms with E-state index in [1.54, 1.807) is 0 Å². The van der Waals surface area contributed by atoms with Crippen LogP contribution in [0.3, 0.4) is 0 Å². The molecule has 2 spiro atoms. The second kappa shape index (κ2) is 4.27. The molecule has 5 atom stereocenters. The molecule has 1 aliphatic carbocycles. The van der Waals surface area contributed by atoms with Crippen LogP contribution in [0, 0.1) is 5.92 Å². The number of carbonyl (C=O) groups excluding carboxylic acids is 1. The Labute approximate surface area is 147 Å². The molecule has 5 unspecified atom stereocenters. The number of ether oxygens (including phenoxy) is 2. The lowest BCUT2D eigenvalue weighted by molar-refractivity contribution is -0.138. The molecule has 0 radical (unpaired) electrons. The van der Waals surface area contributed by atoms with Gasteiger partial charge in [0.05, 0.1) is 24.2 Å². The molecule has 5 heteroatoms. The molecule has 3 saturated heterocycles. The number of para-hydroxylation sites is 1. The number of fused-ring (bicyclic) bond motifs is 3. The molecule has 5 aliphatic rings. The zero-order valence-electron chi connectivity index (χ0n) is 14.5. The van der Waals surface area contributed by atoms with E-state index >= 15 is 0 Å². The van der Waals surface area contributed by atoms with Crippen molar-refractivity contribution < 1.29 is 14.3 Å². The van der Waals surface area contributed by atoms with E-state index in [1.165, 1.54) is 12.7 Å². The molecule has 25 heavy (non-hydrogen) atoms. The molecule has 1 aromatic rings. The first kappa shape index (κ1) is 14.3. The van der Waals surface area contributed by atoms with E-state index in [2.05, 4.69) is 41.4 Å². The maximum Gasteiger partial charge on any atom is 0.335 e. The Morgan fingerprint density at radius 2 is 2.20 bits per heavy atom. The van der Waals surface area contributed by atoms with Gasteiger partial charge in [-0.15, -0.1) is 0 Å². The van der Waals surface area contributed by atoms with Crippen molar-refractivity contribution in [3.05, 3.63) is 41.1 Å². The summed E-state index contributed by atoms with van der Waals surface area (Å²) in [4.78, 5) is 15.5. The van der Waals surface area contributed by atoms with Crippen molar-refractivity contribution in [1.29, 1.82) is 0 Å². The Kier molecular flexibility index (Phi) is 2.45. The van der Waals surface area contributed by atoms with Crippen LogP contribution in [-0.4, -0.2) is 48.8 Å². The van der Waals surface area contributed by atoms with E-state index in [-0.39, 0.29) is 29.0 Å². The highest BCUT2D eigenvalue weighted by molar-refractivity contribution is 5.94. The number of rotatable bonds is 1. The van der Waals surface area contributed by atoms with Gasteiger partial charge in [0.1, 0.15) is 5.60 Å². The molecule has 1 N–H and O–H groups in total. The lowest BCUT2D eigenvalue weighted by Gasteiger charge is -2.50. The predicted octanol–water partition coefficient (Wildman–Crippen LogP) is 2.04. The fourth-order valence-corrected chi connectivity index (χ4v) is 6.34. The van der Waals surface area contributed by atoms with Crippen LogP contribution in [0.1, 0.15) is 25.3 Å². The van der Waals surface area contributed by atoms with E-state index < -0.39 is 0 Å². The van der Waals surface area contributed by atoms with E-state index in [0.29, 0.717) is 6.04 Å². The van der Waals surface area contributed by atoms with Gasteiger partial charge in [0.15, 0.2) is 0 Å². The fourth-order valence-electron chi connectivity index (χ4n) is 6.34. The number of anilines is 1. The van der Waals surface area contributed by atoms with Gasteiger partial charge in [-0.2, -0.15) is 0 Å². The quantitative estimate of drug-likeness (QED) is 0.627. The first-order chi connectivity index (χ1) is 12.1. The molecular weight excluding hydrogens is 316 g/mol. The Balaban J connectivity index is 1.65. The van der Waals surface area contributed by atoms with Crippen molar-refractivity contribution in [2.24, 2.45) is 5.92 Å². The van der Waals surface area contributed by atoms with Crippen LogP contribution in [0.25, 0.3) is 0 Å². The Hall–Kier alpha value is -1.85. The molecule has 5 nitrogen and oxygen atoms in total. The number of nitrogens with one attached hydrogen (secondary N) is 1. The first-order valence-electron chi connectivity index (χ1n) is 9.23. The monoisotopic (exact) mass is 338 g/mol. The van der Waals surface area contributed by atoms with Crippen molar-refractivity contribution in [2.45, 2.75) is 42.9 Å². The largest absolute Gasteiger partial charge is 0.466 e. The summed E-state index contributed by atoms with van der Waals surface area (Å²) in [5, 5.41) is 3.63. The summed E-state index contributed by atoms with van der Waals surface area (Å²) in [7, 11) is 1.49. The maximum atomic E-state index is 12.9. The Morgan fingerprint density at radius 3 is 2.96 bits per heavy atom. The van der Waals surface area contributed by atoms with Gasteiger partial charge in [-0.1, -0.05) is 18.2 Å². The number of epoxide rings is 1. The second-order valence-corrected chi connectivity index (χ2v) is 8.16. The zero-order chi connectivity index (χ0) is 17.0. The molecule has 6 rings (SSSR count). The maximum absolute atomic E-state index is 12.9. The molecule has 4 aliphatic heterocycles. The van der Waals surface area contributed by atoms with Gasteiger partial charge in [0.25, 0.3) is 0 Å². The van der Waals surface area contributed by atoms with E-state index in [1.807, 2.05) is 0 Å². The smallest absolute Gasteiger partial charge is 0.335 e. The third kappa shape index (κ3) is 1.44. The van der Waals surface area contributed by atoms with Gasteiger partial charge in [-0.05, 0) is 37.9 Å². The summed E-state index contributed by atoms with van der Waals surface area (Å²) in [6.07, 6.45) is 2.23. The van der Waals surface area contributed by atoms with Crippen LogP contribution in [0.5, 0.6) is 0 Å². The molecule has 1 aromatic carbocycles. The highest BCUT2D eigenvalue weighted by Gasteiger charge is 2.72. The van der Waals surface area contributed by atoms with Crippen LogP contribution in [0.4, 0.5) is 5.69 Å². The van der Waals surface area contributed by atoms with Gasteiger partial charge < -0.3 is 14.8 Å². The number of hydrogen-bond acceptors (Lipinski definition) is 5. The zero-order valence-corrected chi connectivity index (χ0v) is 14.5. The highest BCUT2D eigenvalue weighted by Crippen LogP contribution is 2.65. The normalized spacial score (nSPS) is 42.9. The number of hydrogen-bond donors (Lipinski definition) is 1. The van der Waals surface area contributed by atoms with Crippen molar-refractivity contribution in [1.82, 2.24) is 4.90 Å². The van der Waals surface area contributed by atoms with Crippen molar-refractivity contribution in [2.75, 3.05) is 25.5 Å². The summed E-state index contributed by atoms with van der Waals surface area (Å²) in [5.74, 6) is -0.0696. The molecule has 4 heterocycles.